The van der Waals surface area contributed by atoms with Gasteiger partial charge in [-0.3, -0.25) is 10.1 Å². The second-order valence-electron chi connectivity index (χ2n) is 5.06. The minimum Gasteiger partial charge on any atom is -0.489 e. The normalized spacial score (nSPS) is 10.2. The van der Waals surface area contributed by atoms with E-state index in [1.165, 1.54) is 12.1 Å². The molecule has 0 amide bonds. The van der Waals surface area contributed by atoms with E-state index in [1.807, 2.05) is 24.3 Å². The van der Waals surface area contributed by atoms with Crippen molar-refractivity contribution in [1.82, 2.24) is 0 Å². The van der Waals surface area contributed by atoms with Crippen molar-refractivity contribution in [3.05, 3.63) is 69.8 Å². The molecule has 0 atom stereocenters. The molecule has 0 heterocycles. The molecule has 0 saturated heterocycles. The van der Waals surface area contributed by atoms with Crippen molar-refractivity contribution >= 4 is 11.5 Å². The van der Waals surface area contributed by atoms with Crippen LogP contribution in [0, 0.1) is 10.1 Å². The van der Waals surface area contributed by atoms with Crippen molar-refractivity contribution in [2.24, 2.45) is 0 Å². The van der Waals surface area contributed by atoms with Gasteiger partial charge in [0, 0.05) is 18.6 Å². The number of carbonyl (C=O) groups is 1. The maximum absolute atomic E-state index is 10.9. The van der Waals surface area contributed by atoms with Gasteiger partial charge in [0.15, 0.2) is 0 Å². The average molecular weight is 299 g/mol. The van der Waals surface area contributed by atoms with Gasteiger partial charge >= 0.3 is 0 Å². The van der Waals surface area contributed by atoms with Crippen LogP contribution in [0.25, 0.3) is 0 Å². The summed E-state index contributed by atoms with van der Waals surface area (Å²) in [6, 6.07) is 13.9. The topological polar surface area (TPSA) is 69.4 Å². The third-order valence-electron chi connectivity index (χ3n) is 3.24. The molecule has 0 N–H and O–H groups in total. The van der Waals surface area contributed by atoms with E-state index in [1.54, 1.807) is 19.1 Å². The first kappa shape index (κ1) is 15.7. The predicted octanol–water partition coefficient (Wildman–Crippen LogP) is 3.70. The summed E-state index contributed by atoms with van der Waals surface area (Å²) in [6.07, 6.45) is 1.28. The monoisotopic (exact) mass is 299 g/mol. The van der Waals surface area contributed by atoms with Gasteiger partial charge < -0.3 is 9.53 Å². The van der Waals surface area contributed by atoms with Crippen LogP contribution in [0.1, 0.15) is 24.5 Å². The summed E-state index contributed by atoms with van der Waals surface area (Å²) in [5.74, 6) is 0.906. The molecule has 0 aliphatic carbocycles. The molecule has 2 aromatic rings. The fourth-order valence-electron chi connectivity index (χ4n) is 1.95. The summed E-state index contributed by atoms with van der Waals surface area (Å²) in [6.45, 7) is 1.94. The molecule has 0 spiro atoms. The average Bonchev–Trinajstić information content (AvgIpc) is 2.52. The van der Waals surface area contributed by atoms with Crippen LogP contribution in [0.5, 0.6) is 5.75 Å². The number of hydrogen-bond acceptors (Lipinski definition) is 4. The highest BCUT2D eigenvalue weighted by molar-refractivity contribution is 5.75. The largest absolute Gasteiger partial charge is 0.489 e. The molecular weight excluding hydrogens is 282 g/mol. The van der Waals surface area contributed by atoms with Crippen molar-refractivity contribution in [2.75, 3.05) is 0 Å². The van der Waals surface area contributed by atoms with Gasteiger partial charge in [-0.1, -0.05) is 12.1 Å². The van der Waals surface area contributed by atoms with Gasteiger partial charge in [-0.2, -0.15) is 0 Å². The number of Topliss-reactive ketones (excluding diaryl/α,β-unsaturated/α-hetero) is 1. The lowest BCUT2D eigenvalue weighted by atomic mass is 10.1. The van der Waals surface area contributed by atoms with Crippen molar-refractivity contribution in [1.29, 1.82) is 0 Å². The fraction of sp³-hybridized carbons (Fsp3) is 0.235. The van der Waals surface area contributed by atoms with E-state index >= 15 is 0 Å². The molecular formula is C17H17NO4. The molecule has 0 aromatic heterocycles. The van der Waals surface area contributed by atoms with Crippen molar-refractivity contribution in [3.8, 4) is 5.75 Å². The molecule has 22 heavy (non-hydrogen) atoms. The molecule has 0 bridgehead atoms. The quantitative estimate of drug-likeness (QED) is 0.577. The van der Waals surface area contributed by atoms with E-state index in [2.05, 4.69) is 0 Å². The van der Waals surface area contributed by atoms with E-state index in [0.717, 1.165) is 23.3 Å². The lowest BCUT2D eigenvalue weighted by molar-refractivity contribution is -0.384. The first-order chi connectivity index (χ1) is 10.5. The molecule has 5 nitrogen and oxygen atoms in total. The Hall–Kier alpha value is -2.69. The molecule has 0 saturated carbocycles. The van der Waals surface area contributed by atoms with Crippen molar-refractivity contribution in [3.63, 3.8) is 0 Å². The van der Waals surface area contributed by atoms with Crippen molar-refractivity contribution < 1.29 is 14.5 Å². The zero-order valence-electron chi connectivity index (χ0n) is 12.3. The molecule has 114 valence electrons. The maximum Gasteiger partial charge on any atom is 0.269 e. The number of nitro groups is 1. The van der Waals surface area contributed by atoms with Crippen LogP contribution >= 0.6 is 0 Å². The lowest BCUT2D eigenvalue weighted by Gasteiger charge is -2.07. The molecule has 0 radical (unpaired) electrons. The molecule has 2 aromatic carbocycles. The highest BCUT2D eigenvalue weighted by atomic mass is 16.6. The number of aryl methyl sites for hydroxylation is 1. The summed E-state index contributed by atoms with van der Waals surface area (Å²) in [5.41, 5.74) is 2.03. The first-order valence-electron chi connectivity index (χ1n) is 6.99. The Morgan fingerprint density at radius 2 is 1.64 bits per heavy atom. The zero-order valence-corrected chi connectivity index (χ0v) is 12.3. The van der Waals surface area contributed by atoms with Crippen LogP contribution in [-0.4, -0.2) is 10.7 Å². The highest BCUT2D eigenvalue weighted by Gasteiger charge is 2.04. The zero-order chi connectivity index (χ0) is 15.9. The second-order valence-corrected chi connectivity index (χ2v) is 5.06. The summed E-state index contributed by atoms with van der Waals surface area (Å²) in [7, 11) is 0. The van der Waals surface area contributed by atoms with E-state index in [9.17, 15) is 14.9 Å². The summed E-state index contributed by atoms with van der Waals surface area (Å²) < 4.78 is 5.64. The van der Waals surface area contributed by atoms with E-state index in [-0.39, 0.29) is 11.5 Å². The van der Waals surface area contributed by atoms with Crippen molar-refractivity contribution in [2.45, 2.75) is 26.4 Å². The molecule has 0 aliphatic heterocycles. The molecule has 2 rings (SSSR count). The number of non-ortho nitro benzene ring substituents is 1. The summed E-state index contributed by atoms with van der Waals surface area (Å²) in [5, 5.41) is 10.6. The Morgan fingerprint density at radius 3 is 2.18 bits per heavy atom. The number of rotatable bonds is 7. The number of nitrogens with zero attached hydrogens (tertiary/aromatic N) is 1. The predicted molar refractivity (Wildman–Crippen MR) is 82.9 cm³/mol. The Morgan fingerprint density at radius 1 is 1.05 bits per heavy atom. The van der Waals surface area contributed by atoms with E-state index in [4.69, 9.17) is 4.74 Å². The van der Waals surface area contributed by atoms with Gasteiger partial charge in [0.2, 0.25) is 0 Å². The van der Waals surface area contributed by atoms with Gasteiger partial charge in [0.1, 0.15) is 18.1 Å². The first-order valence-corrected chi connectivity index (χ1v) is 6.99. The Labute approximate surface area is 128 Å². The second kappa shape index (κ2) is 7.36. The number of ether oxygens (including phenoxy) is 1. The lowest BCUT2D eigenvalue weighted by Crippen LogP contribution is -1.97. The third kappa shape index (κ3) is 4.70. The number of ketones is 1. The van der Waals surface area contributed by atoms with Gasteiger partial charge in [-0.15, -0.1) is 0 Å². The number of benzene rings is 2. The smallest absolute Gasteiger partial charge is 0.269 e. The number of carbonyl (C=O) groups excluding carboxylic acids is 1. The maximum atomic E-state index is 10.9. The Bertz CT molecular complexity index is 647. The molecule has 0 unspecified atom stereocenters. The molecule has 0 aliphatic rings. The Kier molecular flexibility index (Phi) is 5.25. The summed E-state index contributed by atoms with van der Waals surface area (Å²) >= 11 is 0. The van der Waals surface area contributed by atoms with E-state index < -0.39 is 4.92 Å². The number of nitro benzene ring substituents is 1. The van der Waals surface area contributed by atoms with Gasteiger partial charge in [0.25, 0.3) is 5.69 Å². The molecule has 5 heteroatoms. The number of hydrogen-bond donors (Lipinski definition) is 0. The van der Waals surface area contributed by atoms with E-state index in [0.29, 0.717) is 13.0 Å². The minimum absolute atomic E-state index is 0.0681. The third-order valence-corrected chi connectivity index (χ3v) is 3.24. The minimum atomic E-state index is -0.426. The highest BCUT2D eigenvalue weighted by Crippen LogP contribution is 2.17. The Balaban J connectivity index is 1.88. The van der Waals surface area contributed by atoms with Gasteiger partial charge in [-0.05, 0) is 48.7 Å². The van der Waals surface area contributed by atoms with Crippen LogP contribution in [0.3, 0.4) is 0 Å². The summed E-state index contributed by atoms with van der Waals surface area (Å²) in [4.78, 5) is 21.1. The van der Waals surface area contributed by atoms with Crippen LogP contribution < -0.4 is 4.74 Å². The SMILES string of the molecule is CC(=O)CCc1ccc(OCc2ccc([N+](=O)[O-])cc2)cc1. The van der Waals surface area contributed by atoms with Crippen LogP contribution in [0.4, 0.5) is 5.69 Å². The van der Waals surface area contributed by atoms with Gasteiger partial charge in [0.05, 0.1) is 4.92 Å². The fourth-order valence-corrected chi connectivity index (χ4v) is 1.95. The standard InChI is InChI=1S/C17H17NO4/c1-13(19)2-3-14-6-10-17(11-7-14)22-12-15-4-8-16(9-5-15)18(20)21/h4-11H,2-3,12H2,1H3. The van der Waals surface area contributed by atoms with Gasteiger partial charge in [-0.25, -0.2) is 0 Å². The molecule has 0 fully saturated rings. The van der Waals surface area contributed by atoms with Crippen LogP contribution in [-0.2, 0) is 17.8 Å². The van der Waals surface area contributed by atoms with Crippen LogP contribution in [0.15, 0.2) is 48.5 Å². The van der Waals surface area contributed by atoms with Crippen LogP contribution in [0.2, 0.25) is 0 Å².